The zero-order chi connectivity index (χ0) is 23.2. The highest BCUT2D eigenvalue weighted by molar-refractivity contribution is 5.36. The molecule has 0 spiro atoms. The predicted molar refractivity (Wildman–Crippen MR) is 140 cm³/mol. The van der Waals surface area contributed by atoms with E-state index in [1.807, 2.05) is 13.8 Å². The summed E-state index contributed by atoms with van der Waals surface area (Å²) in [5, 5.41) is 0. The first-order valence-electron chi connectivity index (χ1n) is 13.8. The van der Waals surface area contributed by atoms with Gasteiger partial charge in [0.25, 0.3) is 0 Å². The molecule has 178 valence electrons. The second kappa shape index (κ2) is 11.9. The van der Waals surface area contributed by atoms with Crippen LogP contribution in [0.2, 0.25) is 0 Å². The van der Waals surface area contributed by atoms with Gasteiger partial charge in [-0.1, -0.05) is 92.5 Å². The Kier molecular flexibility index (Phi) is 10.2. The molecule has 6 atom stereocenters. The molecule has 0 heterocycles. The molecule has 0 bridgehead atoms. The Balaban J connectivity index is 0.00000166. The van der Waals surface area contributed by atoms with Gasteiger partial charge in [-0.25, -0.2) is 0 Å². The molecule has 0 aromatic carbocycles. The van der Waals surface area contributed by atoms with Gasteiger partial charge in [0, 0.05) is 0 Å². The second-order valence-corrected chi connectivity index (χ2v) is 11.6. The molecule has 6 unspecified atom stereocenters. The maximum absolute atomic E-state index is 4.41. The molecule has 3 aliphatic carbocycles. The van der Waals surface area contributed by atoms with Crippen LogP contribution in [0.25, 0.3) is 0 Å². The van der Waals surface area contributed by atoms with Gasteiger partial charge in [-0.15, -0.1) is 0 Å². The van der Waals surface area contributed by atoms with Crippen LogP contribution in [0.5, 0.6) is 0 Å². The molecule has 3 fully saturated rings. The van der Waals surface area contributed by atoms with E-state index in [4.69, 9.17) is 0 Å². The molecule has 0 aliphatic heterocycles. The number of allylic oxidation sites excluding steroid dienone is 5. The number of fused-ring (bicyclic) bond motifs is 1. The number of hydrogen-bond acceptors (Lipinski definition) is 0. The van der Waals surface area contributed by atoms with E-state index in [0.717, 1.165) is 29.6 Å². The van der Waals surface area contributed by atoms with E-state index in [1.54, 1.807) is 5.57 Å². The lowest BCUT2D eigenvalue weighted by Gasteiger charge is -2.44. The summed E-state index contributed by atoms with van der Waals surface area (Å²) in [5.74, 6) is 4.99. The lowest BCUT2D eigenvalue weighted by molar-refractivity contribution is 0.0907. The van der Waals surface area contributed by atoms with Crippen molar-refractivity contribution in [3.05, 3.63) is 35.5 Å². The summed E-state index contributed by atoms with van der Waals surface area (Å²) >= 11 is 0. The first-order valence-corrected chi connectivity index (χ1v) is 13.8. The van der Waals surface area contributed by atoms with E-state index in [0.29, 0.717) is 11.3 Å². The largest absolute Gasteiger partial charge is 0.0953 e. The molecule has 3 aliphatic rings. The second-order valence-electron chi connectivity index (χ2n) is 11.6. The minimum Gasteiger partial charge on any atom is -0.0953 e. The zero-order valence-electron chi connectivity index (χ0n) is 22.4. The molecule has 0 saturated heterocycles. The third kappa shape index (κ3) is 6.17. The molecule has 0 N–H and O–H groups in total. The Morgan fingerprint density at radius 3 is 2.35 bits per heavy atom. The van der Waals surface area contributed by atoms with Crippen LogP contribution in [-0.2, 0) is 0 Å². The van der Waals surface area contributed by atoms with Gasteiger partial charge in [0.1, 0.15) is 0 Å². The quantitative estimate of drug-likeness (QED) is 0.396. The van der Waals surface area contributed by atoms with E-state index in [9.17, 15) is 0 Å². The predicted octanol–water partition coefficient (Wildman–Crippen LogP) is 10.2. The first-order chi connectivity index (χ1) is 14.7. The van der Waals surface area contributed by atoms with Gasteiger partial charge in [-0.05, 0) is 103 Å². The lowest BCUT2D eigenvalue weighted by atomic mass is 9.60. The number of rotatable bonds is 6. The lowest BCUT2D eigenvalue weighted by Crippen LogP contribution is -2.36. The van der Waals surface area contributed by atoms with Gasteiger partial charge in [-0.3, -0.25) is 0 Å². The average Bonchev–Trinajstić information content (AvgIpc) is 3.11. The smallest absolute Gasteiger partial charge is 0.0143 e. The molecule has 3 saturated carbocycles. The fraction of sp³-hybridized carbons (Fsp3) is 0.806. The molecular formula is C31H54. The van der Waals surface area contributed by atoms with Crippen LogP contribution in [-0.4, -0.2) is 0 Å². The molecule has 3 rings (SSSR count). The van der Waals surface area contributed by atoms with Crippen LogP contribution in [0.1, 0.15) is 120 Å². The van der Waals surface area contributed by atoms with Crippen LogP contribution in [0, 0.1) is 40.9 Å². The molecular weight excluding hydrogens is 372 g/mol. The van der Waals surface area contributed by atoms with E-state index >= 15 is 0 Å². The molecule has 0 radical (unpaired) electrons. The molecule has 0 heteroatoms. The summed E-state index contributed by atoms with van der Waals surface area (Å²) in [5.41, 5.74) is 5.25. The van der Waals surface area contributed by atoms with E-state index in [2.05, 4.69) is 60.3 Å². The highest BCUT2D eigenvalue weighted by atomic mass is 14.5. The van der Waals surface area contributed by atoms with Crippen molar-refractivity contribution in [2.45, 2.75) is 120 Å². The van der Waals surface area contributed by atoms with Gasteiger partial charge >= 0.3 is 0 Å². The van der Waals surface area contributed by atoms with E-state index < -0.39 is 0 Å². The van der Waals surface area contributed by atoms with Crippen molar-refractivity contribution in [2.75, 3.05) is 0 Å². The van der Waals surface area contributed by atoms with Crippen LogP contribution in [0.4, 0.5) is 0 Å². The number of hydrogen-bond donors (Lipinski definition) is 0. The summed E-state index contributed by atoms with van der Waals surface area (Å²) in [7, 11) is 0. The van der Waals surface area contributed by atoms with Crippen molar-refractivity contribution in [1.82, 2.24) is 0 Å². The minimum absolute atomic E-state index is 0.542. The first kappa shape index (κ1) is 26.5. The SMILES string of the molecule is C=C1/C(=C\C=C2/CCCC3(C)C2CCC3C(C)CCC(C)C(C)C)CCCC1C.CC. The summed E-state index contributed by atoms with van der Waals surface area (Å²) in [6.45, 7) is 23.2. The van der Waals surface area contributed by atoms with Gasteiger partial charge in [0.15, 0.2) is 0 Å². The van der Waals surface area contributed by atoms with Crippen LogP contribution >= 0.6 is 0 Å². The van der Waals surface area contributed by atoms with Crippen molar-refractivity contribution in [3.8, 4) is 0 Å². The maximum atomic E-state index is 4.41. The van der Waals surface area contributed by atoms with Crippen molar-refractivity contribution in [2.24, 2.45) is 40.9 Å². The van der Waals surface area contributed by atoms with Crippen molar-refractivity contribution in [3.63, 3.8) is 0 Å². The van der Waals surface area contributed by atoms with Gasteiger partial charge in [0.2, 0.25) is 0 Å². The van der Waals surface area contributed by atoms with Crippen molar-refractivity contribution >= 4 is 0 Å². The monoisotopic (exact) mass is 426 g/mol. The van der Waals surface area contributed by atoms with Crippen molar-refractivity contribution in [1.29, 1.82) is 0 Å². The van der Waals surface area contributed by atoms with Crippen molar-refractivity contribution < 1.29 is 0 Å². The third-order valence-electron chi connectivity index (χ3n) is 9.53. The third-order valence-corrected chi connectivity index (χ3v) is 9.53. The Labute approximate surface area is 196 Å². The highest BCUT2D eigenvalue weighted by Crippen LogP contribution is 2.60. The highest BCUT2D eigenvalue weighted by Gasteiger charge is 2.50. The fourth-order valence-corrected chi connectivity index (χ4v) is 6.92. The summed E-state index contributed by atoms with van der Waals surface area (Å²) < 4.78 is 0. The maximum Gasteiger partial charge on any atom is -0.0143 e. The summed E-state index contributed by atoms with van der Waals surface area (Å²) in [4.78, 5) is 0. The fourth-order valence-electron chi connectivity index (χ4n) is 6.92. The molecule has 0 aromatic heterocycles. The average molecular weight is 427 g/mol. The summed E-state index contributed by atoms with van der Waals surface area (Å²) in [6, 6.07) is 0. The Hall–Kier alpha value is -0.780. The Morgan fingerprint density at radius 1 is 0.968 bits per heavy atom. The Morgan fingerprint density at radius 2 is 1.68 bits per heavy atom. The van der Waals surface area contributed by atoms with Gasteiger partial charge < -0.3 is 0 Å². The summed E-state index contributed by atoms with van der Waals surface area (Å²) in [6.07, 6.45) is 18.8. The molecule has 0 nitrogen and oxygen atoms in total. The minimum atomic E-state index is 0.542. The Bertz CT molecular complexity index is 632. The topological polar surface area (TPSA) is 0 Å². The van der Waals surface area contributed by atoms with Crippen LogP contribution in [0.3, 0.4) is 0 Å². The van der Waals surface area contributed by atoms with Gasteiger partial charge in [0.05, 0.1) is 0 Å². The molecule has 0 aromatic rings. The van der Waals surface area contributed by atoms with Crippen LogP contribution < -0.4 is 0 Å². The molecule has 31 heavy (non-hydrogen) atoms. The van der Waals surface area contributed by atoms with E-state index in [1.165, 1.54) is 75.4 Å². The molecule has 0 amide bonds. The van der Waals surface area contributed by atoms with Gasteiger partial charge in [-0.2, -0.15) is 0 Å². The zero-order valence-corrected chi connectivity index (χ0v) is 22.4. The van der Waals surface area contributed by atoms with Crippen LogP contribution in [0.15, 0.2) is 35.5 Å². The van der Waals surface area contributed by atoms with E-state index in [-0.39, 0.29) is 0 Å². The normalized spacial score (nSPS) is 35.6. The standard InChI is InChI=1S/C29H48.C2H6/c1-20(2)21(3)13-14-23(5)27-17-18-28-26(12-9-19-29(27,28)7)16-15-25-11-8-10-22(4)24(25)6;1-2/h15-16,20-23,27-28H,6,8-14,17-19H2,1-5,7H3;1-2H3/b25-15-,26-16+;.